The standard InChI is InChI=1S/C21H22FN3O4/c22-16-6-2-1-5-15(16)21(29)23-13-19(27)25-11-9-14(10-12-25)20(28)24-17-7-3-4-8-18(17)26/h1-8,14,26H,9-13H2,(H,23,29)(H,24,28). The Morgan fingerprint density at radius 1 is 1.03 bits per heavy atom. The van der Waals surface area contributed by atoms with Gasteiger partial charge < -0.3 is 20.6 Å². The van der Waals surface area contributed by atoms with Crippen LogP contribution in [0.5, 0.6) is 5.75 Å². The number of likely N-dealkylation sites (tertiary alicyclic amines) is 1. The van der Waals surface area contributed by atoms with Crippen molar-refractivity contribution in [3.63, 3.8) is 0 Å². The highest BCUT2D eigenvalue weighted by atomic mass is 19.1. The fourth-order valence-electron chi connectivity index (χ4n) is 3.21. The topological polar surface area (TPSA) is 98.7 Å². The summed E-state index contributed by atoms with van der Waals surface area (Å²) in [6, 6.07) is 12.1. The van der Waals surface area contributed by atoms with Gasteiger partial charge in [-0.3, -0.25) is 14.4 Å². The molecule has 0 atom stereocenters. The summed E-state index contributed by atoms with van der Waals surface area (Å²) >= 11 is 0. The summed E-state index contributed by atoms with van der Waals surface area (Å²) in [5.41, 5.74) is 0.242. The van der Waals surface area contributed by atoms with Gasteiger partial charge in [0.15, 0.2) is 0 Å². The van der Waals surface area contributed by atoms with Gasteiger partial charge in [0.05, 0.1) is 17.8 Å². The normalized spacial score (nSPS) is 14.3. The van der Waals surface area contributed by atoms with Crippen LogP contribution in [0.1, 0.15) is 23.2 Å². The van der Waals surface area contributed by atoms with Crippen molar-refractivity contribution in [2.24, 2.45) is 5.92 Å². The van der Waals surface area contributed by atoms with Crippen LogP contribution in [0.2, 0.25) is 0 Å². The number of carbonyl (C=O) groups is 3. The molecule has 3 N–H and O–H groups in total. The molecule has 0 bridgehead atoms. The minimum atomic E-state index is -0.645. The number of phenolic OH excluding ortho intramolecular Hbond substituents is 1. The largest absolute Gasteiger partial charge is 0.506 e. The van der Waals surface area contributed by atoms with Crippen LogP contribution in [-0.2, 0) is 9.59 Å². The van der Waals surface area contributed by atoms with E-state index in [1.807, 2.05) is 0 Å². The zero-order valence-electron chi connectivity index (χ0n) is 15.7. The molecule has 1 aliphatic rings. The van der Waals surface area contributed by atoms with Crippen LogP contribution < -0.4 is 10.6 Å². The van der Waals surface area contributed by atoms with Crippen LogP contribution >= 0.6 is 0 Å². The number of benzene rings is 2. The Kier molecular flexibility index (Phi) is 6.43. The second kappa shape index (κ2) is 9.18. The third-order valence-electron chi connectivity index (χ3n) is 4.90. The van der Waals surface area contributed by atoms with Crippen molar-refractivity contribution in [3.8, 4) is 5.75 Å². The first-order valence-electron chi connectivity index (χ1n) is 9.35. The van der Waals surface area contributed by atoms with E-state index in [4.69, 9.17) is 0 Å². The van der Waals surface area contributed by atoms with E-state index in [1.165, 1.54) is 24.3 Å². The van der Waals surface area contributed by atoms with Crippen LogP contribution in [0.3, 0.4) is 0 Å². The first-order valence-corrected chi connectivity index (χ1v) is 9.35. The summed E-state index contributed by atoms with van der Waals surface area (Å²) in [5.74, 6) is -2.05. The van der Waals surface area contributed by atoms with Gasteiger partial charge in [-0.05, 0) is 37.1 Å². The second-order valence-corrected chi connectivity index (χ2v) is 6.82. The first-order chi connectivity index (χ1) is 14.0. The average molecular weight is 399 g/mol. The number of nitrogens with zero attached hydrogens (tertiary/aromatic N) is 1. The van der Waals surface area contributed by atoms with E-state index in [2.05, 4.69) is 10.6 Å². The van der Waals surface area contributed by atoms with Gasteiger partial charge in [-0.1, -0.05) is 24.3 Å². The smallest absolute Gasteiger partial charge is 0.254 e. The molecule has 7 nitrogen and oxygen atoms in total. The molecule has 0 unspecified atom stereocenters. The van der Waals surface area contributed by atoms with Crippen LogP contribution in [-0.4, -0.2) is 47.4 Å². The fraction of sp³-hybridized carbons (Fsp3) is 0.286. The summed E-state index contributed by atoms with van der Waals surface area (Å²) in [6.07, 6.45) is 0.957. The van der Waals surface area contributed by atoms with E-state index in [0.29, 0.717) is 31.6 Å². The number of carbonyl (C=O) groups excluding carboxylic acids is 3. The quantitative estimate of drug-likeness (QED) is 0.671. The lowest BCUT2D eigenvalue weighted by molar-refractivity contribution is -0.133. The van der Waals surface area contributed by atoms with Crippen molar-refractivity contribution < 1.29 is 23.9 Å². The summed E-state index contributed by atoms with van der Waals surface area (Å²) < 4.78 is 13.6. The van der Waals surface area contributed by atoms with Crippen LogP contribution in [0.15, 0.2) is 48.5 Å². The molecule has 1 fully saturated rings. The first kappa shape index (κ1) is 20.3. The van der Waals surface area contributed by atoms with E-state index >= 15 is 0 Å². The highest BCUT2D eigenvalue weighted by Gasteiger charge is 2.28. The highest BCUT2D eigenvalue weighted by Crippen LogP contribution is 2.24. The predicted molar refractivity (Wildman–Crippen MR) is 105 cm³/mol. The number of nitrogens with one attached hydrogen (secondary N) is 2. The SMILES string of the molecule is O=C(NCC(=O)N1CCC(C(=O)Nc2ccccc2O)CC1)c1ccccc1F. The van der Waals surface area contributed by atoms with Crippen molar-refractivity contribution in [2.45, 2.75) is 12.8 Å². The molecule has 0 radical (unpaired) electrons. The van der Waals surface area contributed by atoms with Gasteiger partial charge in [0.25, 0.3) is 5.91 Å². The van der Waals surface area contributed by atoms with Gasteiger partial charge in [0, 0.05) is 19.0 Å². The van der Waals surface area contributed by atoms with E-state index < -0.39 is 11.7 Å². The van der Waals surface area contributed by atoms with Gasteiger partial charge in [-0.2, -0.15) is 0 Å². The summed E-state index contributed by atoms with van der Waals surface area (Å²) in [5, 5.41) is 14.9. The molecule has 3 amide bonds. The molecule has 1 aliphatic heterocycles. The molecule has 0 saturated carbocycles. The Balaban J connectivity index is 1.46. The number of hydrogen-bond donors (Lipinski definition) is 3. The van der Waals surface area contributed by atoms with E-state index in [-0.39, 0.29) is 35.6 Å². The van der Waals surface area contributed by atoms with Crippen molar-refractivity contribution in [2.75, 3.05) is 25.0 Å². The number of aromatic hydroxyl groups is 1. The molecule has 29 heavy (non-hydrogen) atoms. The molecule has 2 aromatic rings. The fourth-order valence-corrected chi connectivity index (χ4v) is 3.21. The summed E-state index contributed by atoms with van der Waals surface area (Å²) in [4.78, 5) is 38.3. The van der Waals surface area contributed by atoms with Crippen LogP contribution in [0, 0.1) is 11.7 Å². The number of amides is 3. The minimum Gasteiger partial charge on any atom is -0.506 e. The Hall–Kier alpha value is -3.42. The third-order valence-corrected chi connectivity index (χ3v) is 4.90. The molecule has 3 rings (SSSR count). The monoisotopic (exact) mass is 399 g/mol. The lowest BCUT2D eigenvalue weighted by Crippen LogP contribution is -2.45. The van der Waals surface area contributed by atoms with Crippen molar-refractivity contribution in [1.29, 1.82) is 0 Å². The van der Waals surface area contributed by atoms with Crippen LogP contribution in [0.4, 0.5) is 10.1 Å². The Bertz CT molecular complexity index is 910. The molecule has 0 aromatic heterocycles. The molecule has 0 spiro atoms. The molecule has 1 heterocycles. The maximum Gasteiger partial charge on any atom is 0.254 e. The Labute approximate surface area is 167 Å². The Morgan fingerprint density at radius 3 is 2.38 bits per heavy atom. The van der Waals surface area contributed by atoms with E-state index in [9.17, 15) is 23.9 Å². The van der Waals surface area contributed by atoms with Gasteiger partial charge in [0.2, 0.25) is 11.8 Å². The Morgan fingerprint density at radius 2 is 1.69 bits per heavy atom. The number of halogens is 1. The number of para-hydroxylation sites is 2. The zero-order valence-corrected chi connectivity index (χ0v) is 15.7. The maximum absolute atomic E-state index is 13.6. The second-order valence-electron chi connectivity index (χ2n) is 6.82. The van der Waals surface area contributed by atoms with Gasteiger partial charge in [-0.25, -0.2) is 4.39 Å². The molecular weight excluding hydrogens is 377 g/mol. The maximum atomic E-state index is 13.6. The van der Waals surface area contributed by atoms with Crippen molar-refractivity contribution >= 4 is 23.4 Å². The number of rotatable bonds is 5. The molecule has 8 heteroatoms. The molecule has 152 valence electrons. The van der Waals surface area contributed by atoms with Gasteiger partial charge >= 0.3 is 0 Å². The average Bonchev–Trinajstić information content (AvgIpc) is 2.74. The summed E-state index contributed by atoms with van der Waals surface area (Å²) in [6.45, 7) is 0.530. The molecule has 2 aromatic carbocycles. The third kappa shape index (κ3) is 5.10. The lowest BCUT2D eigenvalue weighted by atomic mass is 9.95. The zero-order chi connectivity index (χ0) is 20.8. The van der Waals surface area contributed by atoms with E-state index in [0.717, 1.165) is 0 Å². The lowest BCUT2D eigenvalue weighted by Gasteiger charge is -2.31. The van der Waals surface area contributed by atoms with Gasteiger partial charge in [-0.15, -0.1) is 0 Å². The van der Waals surface area contributed by atoms with Crippen molar-refractivity contribution in [3.05, 3.63) is 59.9 Å². The number of hydrogen-bond acceptors (Lipinski definition) is 4. The minimum absolute atomic E-state index is 0.000872. The number of piperidine rings is 1. The summed E-state index contributed by atoms with van der Waals surface area (Å²) in [7, 11) is 0. The number of anilines is 1. The van der Waals surface area contributed by atoms with Crippen LogP contribution in [0.25, 0.3) is 0 Å². The number of phenols is 1. The van der Waals surface area contributed by atoms with Gasteiger partial charge in [0.1, 0.15) is 11.6 Å². The molecular formula is C21H22FN3O4. The van der Waals surface area contributed by atoms with Crippen molar-refractivity contribution in [1.82, 2.24) is 10.2 Å². The molecule has 0 aliphatic carbocycles. The predicted octanol–water partition coefficient (Wildman–Crippen LogP) is 2.14. The highest BCUT2D eigenvalue weighted by molar-refractivity contribution is 5.97. The molecule has 1 saturated heterocycles. The van der Waals surface area contributed by atoms with E-state index in [1.54, 1.807) is 29.2 Å².